The number of carbonyl (C=O) groups excluding carboxylic acids is 2. The fraction of sp³-hybridized carbons (Fsp3) is 0.263. The molecule has 25 heavy (non-hydrogen) atoms. The number of esters is 1. The lowest BCUT2D eigenvalue weighted by atomic mass is 10.0. The number of hydrogen-bond acceptors (Lipinski definition) is 4. The van der Waals surface area contributed by atoms with Crippen LogP contribution < -0.4 is 10.1 Å². The van der Waals surface area contributed by atoms with Gasteiger partial charge in [0.15, 0.2) is 13.2 Å². The Morgan fingerprint density at radius 3 is 2.24 bits per heavy atom. The topological polar surface area (TPSA) is 64.6 Å². The SMILES string of the molecule is CC(C)c1ccc(NC(=O)COC(=O)COc2ccc(Br)cc2)cc1. The predicted octanol–water partition coefficient (Wildman–Crippen LogP) is 4.13. The molecule has 132 valence electrons. The van der Waals surface area contributed by atoms with Crippen molar-refractivity contribution in [2.75, 3.05) is 18.5 Å². The summed E-state index contributed by atoms with van der Waals surface area (Å²) in [4.78, 5) is 23.4. The van der Waals surface area contributed by atoms with Crippen molar-refractivity contribution in [1.29, 1.82) is 0 Å². The van der Waals surface area contributed by atoms with Crippen molar-refractivity contribution in [3.05, 3.63) is 58.6 Å². The van der Waals surface area contributed by atoms with E-state index in [1.54, 1.807) is 24.3 Å². The van der Waals surface area contributed by atoms with Gasteiger partial charge in [-0.05, 0) is 47.9 Å². The predicted molar refractivity (Wildman–Crippen MR) is 99.8 cm³/mol. The van der Waals surface area contributed by atoms with Crippen LogP contribution in [-0.4, -0.2) is 25.1 Å². The summed E-state index contributed by atoms with van der Waals surface area (Å²) in [5.41, 5.74) is 1.85. The van der Waals surface area contributed by atoms with E-state index in [0.717, 1.165) is 4.47 Å². The third-order valence-electron chi connectivity index (χ3n) is 3.40. The van der Waals surface area contributed by atoms with Gasteiger partial charge >= 0.3 is 5.97 Å². The summed E-state index contributed by atoms with van der Waals surface area (Å²) < 4.78 is 11.1. The summed E-state index contributed by atoms with van der Waals surface area (Å²) in [6.45, 7) is 3.60. The minimum atomic E-state index is -0.603. The van der Waals surface area contributed by atoms with Crippen LogP contribution in [0, 0.1) is 0 Å². The van der Waals surface area contributed by atoms with Gasteiger partial charge in [0.05, 0.1) is 0 Å². The van der Waals surface area contributed by atoms with Crippen molar-refractivity contribution < 1.29 is 19.1 Å². The lowest BCUT2D eigenvalue weighted by Gasteiger charge is -2.09. The van der Waals surface area contributed by atoms with Crippen LogP contribution in [0.25, 0.3) is 0 Å². The quantitative estimate of drug-likeness (QED) is 0.703. The second-order valence-corrected chi connectivity index (χ2v) is 6.64. The van der Waals surface area contributed by atoms with Gasteiger partial charge in [-0.25, -0.2) is 4.79 Å². The van der Waals surface area contributed by atoms with Crippen LogP contribution in [0.2, 0.25) is 0 Å². The summed E-state index contributed by atoms with van der Waals surface area (Å²) in [7, 11) is 0. The number of amides is 1. The van der Waals surface area contributed by atoms with Crippen LogP contribution >= 0.6 is 15.9 Å². The maximum Gasteiger partial charge on any atom is 0.344 e. The van der Waals surface area contributed by atoms with Crippen molar-refractivity contribution in [1.82, 2.24) is 0 Å². The number of ether oxygens (including phenoxy) is 2. The van der Waals surface area contributed by atoms with Crippen LogP contribution in [0.15, 0.2) is 53.0 Å². The van der Waals surface area contributed by atoms with Crippen molar-refractivity contribution in [2.45, 2.75) is 19.8 Å². The molecule has 0 saturated heterocycles. The van der Waals surface area contributed by atoms with Crippen molar-refractivity contribution in [3.63, 3.8) is 0 Å². The zero-order valence-corrected chi connectivity index (χ0v) is 15.7. The first-order chi connectivity index (χ1) is 11.9. The van der Waals surface area contributed by atoms with E-state index >= 15 is 0 Å². The van der Waals surface area contributed by atoms with Crippen LogP contribution in [0.5, 0.6) is 5.75 Å². The van der Waals surface area contributed by atoms with Crippen LogP contribution in [0.4, 0.5) is 5.69 Å². The van der Waals surface area contributed by atoms with Gasteiger partial charge in [-0.3, -0.25) is 4.79 Å². The molecule has 6 heteroatoms. The van der Waals surface area contributed by atoms with E-state index in [1.165, 1.54) is 5.56 Å². The third-order valence-corrected chi connectivity index (χ3v) is 3.92. The fourth-order valence-corrected chi connectivity index (χ4v) is 2.27. The van der Waals surface area contributed by atoms with E-state index in [9.17, 15) is 9.59 Å². The molecule has 2 rings (SSSR count). The zero-order chi connectivity index (χ0) is 18.2. The number of anilines is 1. The summed E-state index contributed by atoms with van der Waals surface area (Å²) in [6.07, 6.45) is 0. The van der Waals surface area contributed by atoms with Gasteiger partial charge in [0.25, 0.3) is 5.91 Å². The zero-order valence-electron chi connectivity index (χ0n) is 14.1. The van der Waals surface area contributed by atoms with Gasteiger partial charge in [0.1, 0.15) is 5.75 Å². The number of hydrogen-bond donors (Lipinski definition) is 1. The van der Waals surface area contributed by atoms with E-state index in [0.29, 0.717) is 17.4 Å². The first-order valence-electron chi connectivity index (χ1n) is 7.88. The molecule has 2 aromatic carbocycles. The second kappa shape index (κ2) is 9.22. The van der Waals surface area contributed by atoms with Crippen LogP contribution in [0.1, 0.15) is 25.3 Å². The highest BCUT2D eigenvalue weighted by molar-refractivity contribution is 9.10. The molecule has 0 unspecified atom stereocenters. The molecule has 0 aliphatic rings. The van der Waals surface area contributed by atoms with Gasteiger partial charge in [-0.1, -0.05) is 41.9 Å². The van der Waals surface area contributed by atoms with Gasteiger partial charge in [0.2, 0.25) is 0 Å². The number of carbonyl (C=O) groups is 2. The molecule has 0 aliphatic carbocycles. The largest absolute Gasteiger partial charge is 0.482 e. The van der Waals surface area contributed by atoms with Crippen molar-refractivity contribution in [3.8, 4) is 5.75 Å². The molecule has 0 heterocycles. The van der Waals surface area contributed by atoms with Gasteiger partial charge < -0.3 is 14.8 Å². The fourth-order valence-electron chi connectivity index (χ4n) is 2.01. The highest BCUT2D eigenvalue weighted by Crippen LogP contribution is 2.17. The first kappa shape index (κ1) is 19.0. The van der Waals surface area contributed by atoms with Gasteiger partial charge in [-0.15, -0.1) is 0 Å². The summed E-state index contributed by atoms with van der Waals surface area (Å²) in [6, 6.07) is 14.6. The lowest BCUT2D eigenvalue weighted by Crippen LogP contribution is -2.23. The van der Waals surface area contributed by atoms with Gasteiger partial charge in [-0.2, -0.15) is 0 Å². The van der Waals surface area contributed by atoms with E-state index in [-0.39, 0.29) is 13.2 Å². The average molecular weight is 406 g/mol. The molecule has 1 N–H and O–H groups in total. The van der Waals surface area contributed by atoms with Crippen LogP contribution in [0.3, 0.4) is 0 Å². The van der Waals surface area contributed by atoms with Crippen LogP contribution in [-0.2, 0) is 14.3 Å². The Morgan fingerprint density at radius 2 is 1.64 bits per heavy atom. The Hall–Kier alpha value is -2.34. The minimum Gasteiger partial charge on any atom is -0.482 e. The van der Waals surface area contributed by atoms with E-state index < -0.39 is 11.9 Å². The van der Waals surface area contributed by atoms with Gasteiger partial charge in [0, 0.05) is 10.2 Å². The highest BCUT2D eigenvalue weighted by Gasteiger charge is 2.09. The first-order valence-corrected chi connectivity index (χ1v) is 8.67. The molecule has 0 radical (unpaired) electrons. The number of rotatable bonds is 7. The molecule has 0 aliphatic heterocycles. The van der Waals surface area contributed by atoms with Crippen molar-refractivity contribution in [2.24, 2.45) is 0 Å². The summed E-state index contributed by atoms with van der Waals surface area (Å²) >= 11 is 3.31. The molecular weight excluding hydrogens is 386 g/mol. The maximum absolute atomic E-state index is 11.8. The molecule has 2 aromatic rings. The normalized spacial score (nSPS) is 10.4. The monoisotopic (exact) mass is 405 g/mol. The Labute approximate surface area is 155 Å². The standard InChI is InChI=1S/C19H20BrNO4/c1-13(2)14-3-7-16(8-4-14)21-18(22)11-25-19(23)12-24-17-9-5-15(20)6-10-17/h3-10,13H,11-12H2,1-2H3,(H,21,22). The molecular formula is C19H20BrNO4. The third kappa shape index (κ3) is 6.58. The van der Waals surface area contributed by atoms with E-state index in [1.807, 2.05) is 24.3 Å². The summed E-state index contributed by atoms with van der Waals surface area (Å²) in [5, 5.41) is 2.68. The molecule has 0 saturated carbocycles. The number of benzene rings is 2. The molecule has 0 bridgehead atoms. The van der Waals surface area contributed by atoms with E-state index in [4.69, 9.17) is 9.47 Å². The lowest BCUT2D eigenvalue weighted by molar-refractivity contribution is -0.149. The second-order valence-electron chi connectivity index (χ2n) is 5.73. The molecule has 0 fully saturated rings. The Kier molecular flexibility index (Phi) is 7.01. The minimum absolute atomic E-state index is 0.252. The Morgan fingerprint density at radius 1 is 1.00 bits per heavy atom. The molecule has 0 aromatic heterocycles. The average Bonchev–Trinajstić information content (AvgIpc) is 2.60. The smallest absolute Gasteiger partial charge is 0.344 e. The van der Waals surface area contributed by atoms with Crippen molar-refractivity contribution >= 4 is 33.5 Å². The number of halogens is 1. The molecule has 0 atom stereocenters. The molecule has 1 amide bonds. The highest BCUT2D eigenvalue weighted by atomic mass is 79.9. The molecule has 5 nitrogen and oxygen atoms in total. The Balaban J connectivity index is 1.71. The van der Waals surface area contributed by atoms with E-state index in [2.05, 4.69) is 35.1 Å². The maximum atomic E-state index is 11.8. The Bertz CT molecular complexity index is 711. The molecule has 0 spiro atoms. The summed E-state index contributed by atoms with van der Waals surface area (Å²) in [5.74, 6) is -0.0196. The number of nitrogens with one attached hydrogen (secondary N) is 1.